The van der Waals surface area contributed by atoms with Gasteiger partial charge in [0.25, 0.3) is 5.91 Å². The van der Waals surface area contributed by atoms with Crippen molar-refractivity contribution in [2.24, 2.45) is 11.8 Å². The highest BCUT2D eigenvalue weighted by Gasteiger charge is 2.44. The van der Waals surface area contributed by atoms with Crippen molar-refractivity contribution in [2.75, 3.05) is 13.1 Å². The van der Waals surface area contributed by atoms with Gasteiger partial charge in [0.1, 0.15) is 12.1 Å². The molecule has 8 heteroatoms. The summed E-state index contributed by atoms with van der Waals surface area (Å²) in [6, 6.07) is 2.76. The maximum absolute atomic E-state index is 15.6. The molecule has 3 amide bonds. The number of nitrogens with zero attached hydrogens (tertiary/aromatic N) is 2. The fourth-order valence-corrected chi connectivity index (χ4v) is 6.50. The molecule has 1 aromatic carbocycles. The van der Waals surface area contributed by atoms with Crippen LogP contribution < -0.4 is 10.1 Å². The Morgan fingerprint density at radius 2 is 1.74 bits per heavy atom. The number of likely N-dealkylation sites (tertiary alicyclic amines) is 1. The molecule has 5 aliphatic rings. The topological polar surface area (TPSA) is 79.0 Å². The van der Waals surface area contributed by atoms with Crippen molar-refractivity contribution in [3.8, 4) is 5.75 Å². The van der Waals surface area contributed by atoms with Crippen molar-refractivity contribution >= 4 is 17.7 Å². The van der Waals surface area contributed by atoms with E-state index in [1.807, 2.05) is 0 Å². The van der Waals surface area contributed by atoms with Gasteiger partial charge in [-0.05, 0) is 49.7 Å². The molecule has 1 N–H and O–H groups in total. The highest BCUT2D eigenvalue weighted by Crippen LogP contribution is 2.41. The Morgan fingerprint density at radius 3 is 2.47 bits per heavy atom. The number of rotatable bonds is 5. The number of nitrogens with one attached hydrogen (secondary N) is 1. The van der Waals surface area contributed by atoms with Gasteiger partial charge in [-0.15, -0.1) is 0 Å². The van der Waals surface area contributed by atoms with Gasteiger partial charge in [-0.25, -0.2) is 4.39 Å². The summed E-state index contributed by atoms with van der Waals surface area (Å²) in [6.07, 6.45) is 8.75. The fourth-order valence-electron chi connectivity index (χ4n) is 6.50. The van der Waals surface area contributed by atoms with E-state index in [0.717, 1.165) is 44.2 Å². The minimum absolute atomic E-state index is 0.0206. The van der Waals surface area contributed by atoms with Crippen LogP contribution in [0.3, 0.4) is 0 Å². The zero-order valence-corrected chi connectivity index (χ0v) is 19.4. The second kappa shape index (κ2) is 8.63. The molecule has 3 atom stereocenters. The van der Waals surface area contributed by atoms with E-state index in [1.165, 1.54) is 30.6 Å². The number of carbonyl (C=O) groups excluding carboxylic acids is 3. The molecule has 1 aromatic rings. The molecule has 0 radical (unpaired) electrons. The second-order valence-electron chi connectivity index (χ2n) is 10.7. The summed E-state index contributed by atoms with van der Waals surface area (Å²) >= 11 is 0. The van der Waals surface area contributed by atoms with Crippen LogP contribution in [0.5, 0.6) is 5.75 Å². The largest absolute Gasteiger partial charge is 0.486 e. The first-order valence-corrected chi connectivity index (χ1v) is 12.9. The number of hydrogen-bond acceptors (Lipinski definition) is 5. The molecule has 2 aliphatic carbocycles. The zero-order chi connectivity index (χ0) is 23.4. The molecule has 4 fully saturated rings. The Morgan fingerprint density at radius 1 is 0.941 bits per heavy atom. The van der Waals surface area contributed by atoms with Crippen LogP contribution in [0, 0.1) is 17.7 Å². The van der Waals surface area contributed by atoms with Crippen LogP contribution >= 0.6 is 0 Å². The highest BCUT2D eigenvalue weighted by atomic mass is 19.1. The smallest absolute Gasteiger partial charge is 0.255 e. The number of hydrogen-bond donors (Lipinski definition) is 1. The van der Waals surface area contributed by atoms with Crippen molar-refractivity contribution in [3.63, 3.8) is 0 Å². The fraction of sp³-hybridized carbons (Fsp3) is 0.654. The quantitative estimate of drug-likeness (QED) is 0.671. The number of piperidine rings is 1. The average Bonchev–Trinajstić information content (AvgIpc) is 3.09. The highest BCUT2D eigenvalue weighted by molar-refractivity contribution is 6.05. The lowest BCUT2D eigenvalue weighted by molar-refractivity contribution is -0.136. The van der Waals surface area contributed by atoms with Gasteiger partial charge in [0, 0.05) is 36.7 Å². The van der Waals surface area contributed by atoms with E-state index >= 15 is 4.39 Å². The summed E-state index contributed by atoms with van der Waals surface area (Å²) in [5, 5.41) is 2.28. The van der Waals surface area contributed by atoms with Gasteiger partial charge in [-0.2, -0.15) is 0 Å². The summed E-state index contributed by atoms with van der Waals surface area (Å²) in [4.78, 5) is 40.6. The normalized spacial score (nSPS) is 30.6. The summed E-state index contributed by atoms with van der Waals surface area (Å²) in [7, 11) is 0. The molecule has 7 nitrogen and oxygen atoms in total. The Labute approximate surface area is 199 Å². The zero-order valence-electron chi connectivity index (χ0n) is 19.4. The number of halogens is 1. The molecule has 34 heavy (non-hydrogen) atoms. The van der Waals surface area contributed by atoms with Crippen LogP contribution in [0.1, 0.15) is 73.7 Å². The summed E-state index contributed by atoms with van der Waals surface area (Å²) in [5.74, 6) is 0.221. The minimum Gasteiger partial charge on any atom is -0.486 e. The average molecular weight is 470 g/mol. The first-order chi connectivity index (χ1) is 16.5. The lowest BCUT2D eigenvalue weighted by Crippen LogP contribution is -2.60. The molecule has 2 saturated heterocycles. The van der Waals surface area contributed by atoms with Gasteiger partial charge in [-0.3, -0.25) is 24.6 Å². The van der Waals surface area contributed by atoms with Crippen LogP contribution in [0.15, 0.2) is 12.1 Å². The van der Waals surface area contributed by atoms with E-state index in [9.17, 15) is 14.4 Å². The molecule has 3 aliphatic heterocycles. The number of ether oxygens (including phenoxy) is 1. The SMILES string of the molecule is O=C1CCC(N2Cc3c(ccc(O[C@@H]4CCCC[C@@H]4N4CC(C5CCC5)C4)c3F)C2=O)C(=O)N1. The molecule has 3 heterocycles. The first-order valence-electron chi connectivity index (χ1n) is 12.9. The van der Waals surface area contributed by atoms with E-state index in [2.05, 4.69) is 10.2 Å². The van der Waals surface area contributed by atoms with Crippen LogP contribution in [-0.4, -0.2) is 58.8 Å². The second-order valence-corrected chi connectivity index (χ2v) is 10.7. The van der Waals surface area contributed by atoms with Gasteiger partial charge in [-0.1, -0.05) is 25.7 Å². The minimum atomic E-state index is -0.751. The van der Waals surface area contributed by atoms with Gasteiger partial charge in [0.05, 0.1) is 6.54 Å². The van der Waals surface area contributed by atoms with Crippen molar-refractivity contribution < 1.29 is 23.5 Å². The number of amides is 3. The molecular weight excluding hydrogens is 437 g/mol. The Bertz CT molecular complexity index is 1020. The standard InChI is InChI=1S/C26H32FN3O4/c27-24-18-14-30(20-9-11-23(31)28-25(20)32)26(33)17(18)8-10-22(24)34-21-7-2-1-6-19(21)29-12-16(13-29)15-4-3-5-15/h8,10,15-16,19-21H,1-7,9,11-14H2,(H,28,31,32)/t19-,20?,21+/m0/s1. The monoisotopic (exact) mass is 469 g/mol. The van der Waals surface area contributed by atoms with E-state index in [1.54, 1.807) is 12.1 Å². The Hall–Kier alpha value is -2.48. The van der Waals surface area contributed by atoms with Crippen molar-refractivity contribution in [2.45, 2.75) is 82.5 Å². The summed E-state index contributed by atoms with van der Waals surface area (Å²) < 4.78 is 21.9. The van der Waals surface area contributed by atoms with Crippen molar-refractivity contribution in [3.05, 3.63) is 29.1 Å². The first kappa shape index (κ1) is 22.0. The van der Waals surface area contributed by atoms with Gasteiger partial charge in [0.15, 0.2) is 11.6 Å². The van der Waals surface area contributed by atoms with Crippen LogP contribution in [-0.2, 0) is 16.1 Å². The number of carbonyl (C=O) groups is 3. The number of benzene rings is 1. The molecular formula is C26H32FN3O4. The molecule has 0 spiro atoms. The van der Waals surface area contributed by atoms with Crippen LogP contribution in [0.25, 0.3) is 0 Å². The van der Waals surface area contributed by atoms with Crippen LogP contribution in [0.2, 0.25) is 0 Å². The molecule has 6 rings (SSSR count). The molecule has 182 valence electrons. The van der Waals surface area contributed by atoms with E-state index < -0.39 is 17.8 Å². The molecule has 0 aromatic heterocycles. The van der Waals surface area contributed by atoms with Crippen LogP contribution in [0.4, 0.5) is 4.39 Å². The van der Waals surface area contributed by atoms with Gasteiger partial charge >= 0.3 is 0 Å². The van der Waals surface area contributed by atoms with Crippen molar-refractivity contribution in [1.82, 2.24) is 15.1 Å². The van der Waals surface area contributed by atoms with E-state index in [-0.39, 0.29) is 54.2 Å². The summed E-state index contributed by atoms with van der Waals surface area (Å²) in [5.41, 5.74) is 0.564. The van der Waals surface area contributed by atoms with Crippen molar-refractivity contribution in [1.29, 1.82) is 0 Å². The van der Waals surface area contributed by atoms with Gasteiger partial charge < -0.3 is 9.64 Å². The third-order valence-corrected chi connectivity index (χ3v) is 8.78. The maximum Gasteiger partial charge on any atom is 0.255 e. The van der Waals surface area contributed by atoms with E-state index in [0.29, 0.717) is 6.04 Å². The number of fused-ring (bicyclic) bond motifs is 1. The Kier molecular flexibility index (Phi) is 5.59. The predicted octanol–water partition coefficient (Wildman–Crippen LogP) is 3.01. The molecule has 0 bridgehead atoms. The predicted molar refractivity (Wildman–Crippen MR) is 122 cm³/mol. The lowest BCUT2D eigenvalue weighted by atomic mass is 9.71. The third kappa shape index (κ3) is 3.70. The third-order valence-electron chi connectivity index (χ3n) is 8.78. The number of imide groups is 1. The molecule has 1 unspecified atom stereocenters. The Balaban J connectivity index is 1.16. The van der Waals surface area contributed by atoms with E-state index in [4.69, 9.17) is 4.74 Å². The van der Waals surface area contributed by atoms with Gasteiger partial charge in [0.2, 0.25) is 11.8 Å². The summed E-state index contributed by atoms with van der Waals surface area (Å²) in [6.45, 7) is 2.29. The lowest BCUT2D eigenvalue weighted by Gasteiger charge is -2.52. The molecule has 2 saturated carbocycles. The maximum atomic E-state index is 15.6.